The van der Waals surface area contributed by atoms with Gasteiger partial charge >= 0.3 is 0 Å². The lowest BCUT2D eigenvalue weighted by Crippen LogP contribution is -2.48. The first kappa shape index (κ1) is 19.1. The van der Waals surface area contributed by atoms with Gasteiger partial charge in [-0.05, 0) is 12.5 Å². The maximum Gasteiger partial charge on any atom is 0.191 e. The number of nitrogens with zero attached hydrogens (tertiary/aromatic N) is 2. The highest BCUT2D eigenvalue weighted by Crippen LogP contribution is 2.49. The van der Waals surface area contributed by atoms with Crippen LogP contribution in [0.1, 0.15) is 29.7 Å². The van der Waals surface area contributed by atoms with Crippen LogP contribution in [0.3, 0.4) is 0 Å². The van der Waals surface area contributed by atoms with E-state index in [1.54, 1.807) is 13.2 Å². The molecule has 1 aromatic heterocycles. The Labute approximate surface area is 159 Å². The van der Waals surface area contributed by atoms with E-state index in [1.165, 1.54) is 23.9 Å². The minimum Gasteiger partial charge on any atom is -0.449 e. The number of aryl methyl sites for hydroxylation is 1. The number of fused-ring (bicyclic) bond motifs is 1. The average Bonchev–Trinajstić information content (AvgIpc) is 3.00. The molecule has 0 spiro atoms. The molecule has 3 heterocycles. The summed E-state index contributed by atoms with van der Waals surface area (Å²) in [5.41, 5.74) is 6.02. The molecule has 26 heavy (non-hydrogen) atoms. The molecule has 2 aliphatic rings. The largest absolute Gasteiger partial charge is 0.449 e. The van der Waals surface area contributed by atoms with E-state index in [-0.39, 0.29) is 31.0 Å². The van der Waals surface area contributed by atoms with Crippen molar-refractivity contribution in [2.24, 2.45) is 16.6 Å². The van der Waals surface area contributed by atoms with Gasteiger partial charge < -0.3 is 14.9 Å². The second-order valence-corrected chi connectivity index (χ2v) is 7.37. The van der Waals surface area contributed by atoms with Crippen LogP contribution >= 0.6 is 24.2 Å². The van der Waals surface area contributed by atoms with E-state index in [1.807, 2.05) is 0 Å². The van der Waals surface area contributed by atoms with E-state index < -0.39 is 17.2 Å². The molecule has 9 heteroatoms. The molecule has 0 bridgehead atoms. The molecule has 0 amide bonds. The minimum atomic E-state index is -0.942. The lowest BCUT2D eigenvalue weighted by molar-refractivity contribution is -0.0606. The first-order valence-electron chi connectivity index (χ1n) is 7.95. The Bertz CT molecular complexity index is 847. The van der Waals surface area contributed by atoms with Crippen molar-refractivity contribution >= 4 is 29.3 Å². The fourth-order valence-electron chi connectivity index (χ4n) is 3.54. The first-order chi connectivity index (χ1) is 12.0. The number of thioether (sulfide) groups is 1. The molecule has 1 fully saturated rings. The Kier molecular flexibility index (Phi) is 5.28. The summed E-state index contributed by atoms with van der Waals surface area (Å²) >= 11 is 1.44. The third-order valence-electron chi connectivity index (χ3n) is 4.78. The van der Waals surface area contributed by atoms with Crippen LogP contribution in [-0.2, 0) is 10.3 Å². The van der Waals surface area contributed by atoms with Crippen LogP contribution in [0, 0.1) is 24.5 Å². The summed E-state index contributed by atoms with van der Waals surface area (Å²) in [6.45, 7) is 1.92. The molecular weight excluding hydrogens is 384 g/mol. The van der Waals surface area contributed by atoms with E-state index in [9.17, 15) is 8.78 Å². The molecule has 4 rings (SSSR count). The number of rotatable bonds is 2. The zero-order valence-corrected chi connectivity index (χ0v) is 15.6. The monoisotopic (exact) mass is 401 g/mol. The second kappa shape index (κ2) is 7.17. The molecular formula is C17H18ClF2N3O2S. The quantitative estimate of drug-likeness (QED) is 0.830. The summed E-state index contributed by atoms with van der Waals surface area (Å²) in [7, 11) is 0. The van der Waals surface area contributed by atoms with Crippen LogP contribution in [0.25, 0.3) is 0 Å². The highest BCUT2D eigenvalue weighted by Gasteiger charge is 2.50. The molecule has 0 radical (unpaired) electrons. The zero-order chi connectivity index (χ0) is 17.6. The van der Waals surface area contributed by atoms with Gasteiger partial charge in [-0.1, -0.05) is 17.8 Å². The highest BCUT2D eigenvalue weighted by atomic mass is 35.5. The topological polar surface area (TPSA) is 73.6 Å². The molecule has 1 saturated heterocycles. The molecule has 2 aromatic rings. The Hall–Kier alpha value is -1.64. The third-order valence-corrected chi connectivity index (χ3v) is 5.74. The van der Waals surface area contributed by atoms with Gasteiger partial charge in [0.15, 0.2) is 11.1 Å². The van der Waals surface area contributed by atoms with Crippen LogP contribution in [0.4, 0.5) is 8.78 Å². The minimum absolute atomic E-state index is 0. The first-order valence-corrected chi connectivity index (χ1v) is 8.94. The van der Waals surface area contributed by atoms with Gasteiger partial charge in [-0.3, -0.25) is 0 Å². The number of oxazole rings is 1. The molecule has 140 valence electrons. The van der Waals surface area contributed by atoms with Crippen LogP contribution in [-0.4, -0.2) is 22.5 Å². The number of hydrogen-bond acceptors (Lipinski definition) is 6. The van der Waals surface area contributed by atoms with E-state index in [4.69, 9.17) is 14.9 Å². The average molecular weight is 402 g/mol. The van der Waals surface area contributed by atoms with Crippen LogP contribution in [0.5, 0.6) is 0 Å². The number of ether oxygens (including phenoxy) is 1. The predicted octanol–water partition coefficient (Wildman–Crippen LogP) is 3.72. The van der Waals surface area contributed by atoms with Crippen molar-refractivity contribution in [1.29, 1.82) is 0 Å². The second-order valence-electron chi connectivity index (χ2n) is 6.33. The Morgan fingerprint density at radius 1 is 1.35 bits per heavy atom. The van der Waals surface area contributed by atoms with Gasteiger partial charge in [0, 0.05) is 30.2 Å². The number of aliphatic imine (C=N–C) groups is 1. The molecule has 0 aliphatic carbocycles. The van der Waals surface area contributed by atoms with Crippen LogP contribution < -0.4 is 5.73 Å². The standard InChI is InChI=1S/C17H17F2N3O2S.ClH/c1-9-21-14(6-23-9)15-4-10-7-25-16(20)22-17(10,8-24-15)12-3-2-11(18)5-13(12)19;/h2-3,5-6,10,15H,4,7-8H2,1H3,(H2,20,22);1H/t10-,15+,17-;/m0./s1. The summed E-state index contributed by atoms with van der Waals surface area (Å²) < 4.78 is 39.1. The Balaban J connectivity index is 0.00000196. The van der Waals surface area contributed by atoms with Crippen molar-refractivity contribution in [2.75, 3.05) is 12.4 Å². The van der Waals surface area contributed by atoms with Crippen molar-refractivity contribution in [3.8, 4) is 0 Å². The summed E-state index contributed by atoms with van der Waals surface area (Å²) in [5, 5.41) is 0.388. The van der Waals surface area contributed by atoms with Gasteiger partial charge in [-0.15, -0.1) is 12.4 Å². The van der Waals surface area contributed by atoms with Crippen molar-refractivity contribution in [3.05, 3.63) is 53.2 Å². The fraction of sp³-hybridized carbons (Fsp3) is 0.412. The summed E-state index contributed by atoms with van der Waals surface area (Å²) in [6.07, 6.45) is 1.94. The number of benzene rings is 1. The molecule has 0 unspecified atom stereocenters. The van der Waals surface area contributed by atoms with Gasteiger partial charge in [0.05, 0.1) is 6.61 Å². The molecule has 2 N–H and O–H groups in total. The lowest BCUT2D eigenvalue weighted by Gasteiger charge is -2.46. The van der Waals surface area contributed by atoms with E-state index in [0.717, 1.165) is 11.8 Å². The van der Waals surface area contributed by atoms with E-state index in [0.29, 0.717) is 28.8 Å². The normalized spacial score (nSPS) is 28.0. The maximum atomic E-state index is 14.5. The third kappa shape index (κ3) is 3.21. The van der Waals surface area contributed by atoms with Crippen LogP contribution in [0.15, 0.2) is 33.9 Å². The predicted molar refractivity (Wildman–Crippen MR) is 97.4 cm³/mol. The van der Waals surface area contributed by atoms with Gasteiger partial charge in [0.25, 0.3) is 0 Å². The van der Waals surface area contributed by atoms with Crippen molar-refractivity contribution in [3.63, 3.8) is 0 Å². The van der Waals surface area contributed by atoms with Crippen molar-refractivity contribution in [2.45, 2.75) is 25.0 Å². The zero-order valence-electron chi connectivity index (χ0n) is 13.9. The van der Waals surface area contributed by atoms with E-state index >= 15 is 0 Å². The number of halogens is 3. The summed E-state index contributed by atoms with van der Waals surface area (Å²) in [6, 6.07) is 3.56. The van der Waals surface area contributed by atoms with Gasteiger partial charge in [0.2, 0.25) is 0 Å². The molecule has 0 saturated carbocycles. The van der Waals surface area contributed by atoms with Crippen molar-refractivity contribution < 1.29 is 17.9 Å². The van der Waals surface area contributed by atoms with Crippen molar-refractivity contribution in [1.82, 2.24) is 4.98 Å². The Morgan fingerprint density at radius 2 is 2.15 bits per heavy atom. The molecule has 2 aliphatic heterocycles. The number of nitrogens with two attached hydrogens (primary N) is 1. The van der Waals surface area contributed by atoms with Gasteiger partial charge in [-0.25, -0.2) is 18.8 Å². The number of hydrogen-bond donors (Lipinski definition) is 1. The van der Waals surface area contributed by atoms with Crippen LogP contribution in [0.2, 0.25) is 0 Å². The SMILES string of the molecule is Cc1nc([C@H]2C[C@H]3CSC(N)=N[C@@]3(c3ccc(F)cc3F)CO2)co1.Cl. The van der Waals surface area contributed by atoms with E-state index in [2.05, 4.69) is 9.98 Å². The summed E-state index contributed by atoms with van der Waals surface area (Å²) in [4.78, 5) is 8.88. The molecule has 3 atom stereocenters. The Morgan fingerprint density at radius 3 is 2.85 bits per heavy atom. The number of amidine groups is 1. The molecule has 1 aromatic carbocycles. The lowest BCUT2D eigenvalue weighted by atomic mass is 9.74. The van der Waals surface area contributed by atoms with Gasteiger partial charge in [-0.2, -0.15) is 0 Å². The summed E-state index contributed by atoms with van der Waals surface area (Å²) in [5.74, 6) is -0.0133. The maximum absolute atomic E-state index is 14.5. The highest BCUT2D eigenvalue weighted by molar-refractivity contribution is 8.13. The number of aromatic nitrogens is 1. The molecule has 5 nitrogen and oxygen atoms in total. The smallest absolute Gasteiger partial charge is 0.191 e. The van der Waals surface area contributed by atoms with Gasteiger partial charge in [0.1, 0.15) is 35.2 Å². The fourth-order valence-corrected chi connectivity index (χ4v) is 4.56.